The Morgan fingerprint density at radius 1 is 1.14 bits per heavy atom. The fraction of sp³-hybridized carbons (Fsp3) is 0.148. The standard InChI is InChI=1S/C27H21IN2O4S/c1-3-33-26(32)23-16(2)29-27-30(24(23)18-7-5-4-6-8-18)25(31)22(35-27)15-20-13-14-21(34-20)17-9-11-19(28)12-10-17/h4-15,24H,3H2,1-2H3/b22-15-/t24-/m1/s1. The molecular formula is C27H21IN2O4S. The fourth-order valence-electron chi connectivity index (χ4n) is 4.07. The van der Waals surface area contributed by atoms with Crippen LogP contribution in [0.2, 0.25) is 0 Å². The summed E-state index contributed by atoms with van der Waals surface area (Å²) >= 11 is 3.53. The molecule has 0 radical (unpaired) electrons. The van der Waals surface area contributed by atoms with Gasteiger partial charge in [0.15, 0.2) is 4.80 Å². The molecule has 8 heteroatoms. The number of benzene rings is 2. The Balaban J connectivity index is 1.62. The number of carbonyl (C=O) groups excluding carboxylic acids is 1. The minimum atomic E-state index is -0.618. The third-order valence-electron chi connectivity index (χ3n) is 5.66. The highest BCUT2D eigenvalue weighted by Crippen LogP contribution is 2.30. The first kappa shape index (κ1) is 23.5. The summed E-state index contributed by atoms with van der Waals surface area (Å²) in [7, 11) is 0. The summed E-state index contributed by atoms with van der Waals surface area (Å²) in [6, 6.07) is 20.6. The molecule has 176 valence electrons. The number of rotatable bonds is 5. The highest BCUT2D eigenvalue weighted by molar-refractivity contribution is 14.1. The number of aromatic nitrogens is 1. The van der Waals surface area contributed by atoms with E-state index in [0.717, 1.165) is 20.5 Å². The molecule has 0 saturated heterocycles. The summed E-state index contributed by atoms with van der Waals surface area (Å²) in [5, 5.41) is 0. The largest absolute Gasteiger partial charge is 0.463 e. The average Bonchev–Trinajstić information content (AvgIpc) is 3.44. The van der Waals surface area contributed by atoms with E-state index in [-0.39, 0.29) is 12.2 Å². The Kier molecular flexibility index (Phi) is 6.57. The molecule has 1 aliphatic heterocycles. The molecule has 2 aromatic carbocycles. The first-order valence-corrected chi connectivity index (χ1v) is 13.0. The normalized spacial score (nSPS) is 15.6. The maximum atomic E-state index is 13.6. The third-order valence-corrected chi connectivity index (χ3v) is 7.36. The number of hydrogen-bond acceptors (Lipinski definition) is 6. The second-order valence-corrected chi connectivity index (χ2v) is 10.2. The second kappa shape index (κ2) is 9.79. The number of esters is 1. The number of thiazole rings is 1. The van der Waals surface area contributed by atoms with Crippen molar-refractivity contribution in [2.24, 2.45) is 4.99 Å². The number of allylic oxidation sites excluding steroid dienone is 1. The van der Waals surface area contributed by atoms with Crippen LogP contribution in [0.3, 0.4) is 0 Å². The van der Waals surface area contributed by atoms with Crippen molar-refractivity contribution in [1.82, 2.24) is 4.57 Å². The summed E-state index contributed by atoms with van der Waals surface area (Å²) in [4.78, 5) is 31.6. The van der Waals surface area contributed by atoms with Gasteiger partial charge in [0, 0.05) is 15.2 Å². The number of fused-ring (bicyclic) bond motifs is 1. The second-order valence-electron chi connectivity index (χ2n) is 7.92. The van der Waals surface area contributed by atoms with Gasteiger partial charge in [-0.15, -0.1) is 0 Å². The molecule has 0 fully saturated rings. The topological polar surface area (TPSA) is 73.8 Å². The summed E-state index contributed by atoms with van der Waals surface area (Å²) in [5.41, 5.74) is 2.46. The smallest absolute Gasteiger partial charge is 0.338 e. The molecule has 35 heavy (non-hydrogen) atoms. The van der Waals surface area contributed by atoms with Crippen LogP contribution < -0.4 is 14.9 Å². The van der Waals surface area contributed by atoms with Crippen molar-refractivity contribution in [2.45, 2.75) is 19.9 Å². The number of ether oxygens (including phenoxy) is 1. The van der Waals surface area contributed by atoms with Gasteiger partial charge in [-0.2, -0.15) is 0 Å². The lowest BCUT2D eigenvalue weighted by Crippen LogP contribution is -2.39. The van der Waals surface area contributed by atoms with Crippen LogP contribution in [0.1, 0.15) is 31.2 Å². The van der Waals surface area contributed by atoms with E-state index in [1.165, 1.54) is 11.3 Å². The predicted octanol–water partition coefficient (Wildman–Crippen LogP) is 4.66. The maximum absolute atomic E-state index is 13.6. The van der Waals surface area contributed by atoms with Gasteiger partial charge in [0.05, 0.1) is 28.5 Å². The van der Waals surface area contributed by atoms with E-state index >= 15 is 0 Å². The third kappa shape index (κ3) is 4.55. The lowest BCUT2D eigenvalue weighted by Gasteiger charge is -2.24. The molecular weight excluding hydrogens is 575 g/mol. The highest BCUT2D eigenvalue weighted by Gasteiger charge is 2.33. The van der Waals surface area contributed by atoms with Crippen molar-refractivity contribution in [2.75, 3.05) is 6.61 Å². The van der Waals surface area contributed by atoms with Crippen molar-refractivity contribution < 1.29 is 13.9 Å². The number of nitrogens with zero attached hydrogens (tertiary/aromatic N) is 2. The number of halogens is 1. The molecule has 2 aromatic heterocycles. The van der Waals surface area contributed by atoms with Crippen LogP contribution in [0.15, 0.2) is 92.2 Å². The predicted molar refractivity (Wildman–Crippen MR) is 144 cm³/mol. The van der Waals surface area contributed by atoms with Crippen LogP contribution in [0.25, 0.3) is 17.4 Å². The molecule has 3 heterocycles. The summed E-state index contributed by atoms with van der Waals surface area (Å²) in [6.07, 6.45) is 1.73. The minimum absolute atomic E-state index is 0.232. The molecule has 1 atom stereocenters. The fourth-order valence-corrected chi connectivity index (χ4v) is 5.46. The molecule has 0 saturated carbocycles. The molecule has 0 unspecified atom stereocenters. The maximum Gasteiger partial charge on any atom is 0.338 e. The summed E-state index contributed by atoms with van der Waals surface area (Å²) < 4.78 is 14.5. The van der Waals surface area contributed by atoms with Gasteiger partial charge >= 0.3 is 5.97 Å². The van der Waals surface area contributed by atoms with Gasteiger partial charge < -0.3 is 9.15 Å². The zero-order chi connectivity index (χ0) is 24.5. The zero-order valence-electron chi connectivity index (χ0n) is 19.0. The number of furan rings is 1. The molecule has 0 bridgehead atoms. The van der Waals surface area contributed by atoms with E-state index in [0.29, 0.717) is 26.4 Å². The van der Waals surface area contributed by atoms with Crippen LogP contribution in [0, 0.1) is 3.57 Å². The Bertz CT molecular complexity index is 1610. The molecule has 0 N–H and O–H groups in total. The van der Waals surface area contributed by atoms with Gasteiger partial charge in [-0.3, -0.25) is 9.36 Å². The quantitative estimate of drug-likeness (QED) is 0.248. The van der Waals surface area contributed by atoms with Crippen molar-refractivity contribution in [1.29, 1.82) is 0 Å². The molecule has 4 aromatic rings. The molecule has 0 spiro atoms. The van der Waals surface area contributed by atoms with Crippen LogP contribution in [0.5, 0.6) is 0 Å². The Morgan fingerprint density at radius 3 is 2.60 bits per heavy atom. The Morgan fingerprint density at radius 2 is 1.89 bits per heavy atom. The van der Waals surface area contributed by atoms with E-state index in [2.05, 4.69) is 27.6 Å². The molecule has 0 amide bonds. The van der Waals surface area contributed by atoms with Gasteiger partial charge in [-0.05, 0) is 66.3 Å². The first-order valence-electron chi connectivity index (χ1n) is 11.1. The van der Waals surface area contributed by atoms with Gasteiger partial charge in [0.2, 0.25) is 0 Å². The van der Waals surface area contributed by atoms with Crippen LogP contribution in [-0.2, 0) is 9.53 Å². The Hall–Kier alpha value is -3.24. The SMILES string of the molecule is CCOC(=O)C1=C(C)N=c2s/c(=C\c3ccc(-c4ccc(I)cc4)o3)c(=O)n2[C@@H]1c1ccccc1. The summed E-state index contributed by atoms with van der Waals surface area (Å²) in [5.74, 6) is 0.828. The van der Waals surface area contributed by atoms with Gasteiger partial charge in [-0.1, -0.05) is 53.8 Å². The average molecular weight is 596 g/mol. The van der Waals surface area contributed by atoms with E-state index in [1.54, 1.807) is 24.5 Å². The summed E-state index contributed by atoms with van der Waals surface area (Å²) in [6.45, 7) is 3.77. The van der Waals surface area contributed by atoms with E-state index in [9.17, 15) is 9.59 Å². The number of hydrogen-bond donors (Lipinski definition) is 0. The van der Waals surface area contributed by atoms with Crippen molar-refractivity contribution in [3.63, 3.8) is 0 Å². The van der Waals surface area contributed by atoms with Crippen LogP contribution in [-0.4, -0.2) is 17.1 Å². The highest BCUT2D eigenvalue weighted by atomic mass is 127. The molecule has 5 rings (SSSR count). The molecule has 6 nitrogen and oxygen atoms in total. The monoisotopic (exact) mass is 596 g/mol. The van der Waals surface area contributed by atoms with Crippen LogP contribution in [0.4, 0.5) is 0 Å². The van der Waals surface area contributed by atoms with E-state index < -0.39 is 12.0 Å². The van der Waals surface area contributed by atoms with Gasteiger partial charge in [-0.25, -0.2) is 9.79 Å². The zero-order valence-corrected chi connectivity index (χ0v) is 22.0. The lowest BCUT2D eigenvalue weighted by atomic mass is 9.96. The Labute approximate surface area is 219 Å². The number of carbonyl (C=O) groups is 1. The van der Waals surface area contributed by atoms with E-state index in [4.69, 9.17) is 9.15 Å². The van der Waals surface area contributed by atoms with Crippen molar-refractivity contribution >= 4 is 46.0 Å². The van der Waals surface area contributed by atoms with Gasteiger partial charge in [0.25, 0.3) is 5.56 Å². The van der Waals surface area contributed by atoms with E-state index in [1.807, 2.05) is 66.7 Å². The minimum Gasteiger partial charge on any atom is -0.463 e. The molecule has 0 aliphatic carbocycles. The van der Waals surface area contributed by atoms with Gasteiger partial charge in [0.1, 0.15) is 11.5 Å². The van der Waals surface area contributed by atoms with Crippen molar-refractivity contribution in [3.8, 4) is 11.3 Å². The van der Waals surface area contributed by atoms with Crippen molar-refractivity contribution in [3.05, 3.63) is 113 Å². The first-order chi connectivity index (χ1) is 17.0. The van der Waals surface area contributed by atoms with Crippen LogP contribution >= 0.6 is 33.9 Å². The lowest BCUT2D eigenvalue weighted by molar-refractivity contribution is -0.139. The molecule has 1 aliphatic rings.